The summed E-state index contributed by atoms with van der Waals surface area (Å²) in [6, 6.07) is 11.1. The van der Waals surface area contributed by atoms with Crippen LogP contribution in [0.2, 0.25) is 0 Å². The lowest BCUT2D eigenvalue weighted by molar-refractivity contribution is 0.102. The van der Waals surface area contributed by atoms with E-state index in [9.17, 15) is 9.18 Å². The van der Waals surface area contributed by atoms with Gasteiger partial charge >= 0.3 is 0 Å². The zero-order chi connectivity index (χ0) is 22.0. The molecule has 2 aromatic heterocycles. The number of nitrogens with one attached hydrogen (secondary N) is 1. The van der Waals surface area contributed by atoms with Gasteiger partial charge in [-0.25, -0.2) is 9.37 Å². The van der Waals surface area contributed by atoms with Crippen LogP contribution >= 0.6 is 11.3 Å². The summed E-state index contributed by atoms with van der Waals surface area (Å²) in [6.45, 7) is 8.06. The molecule has 3 heterocycles. The van der Waals surface area contributed by atoms with Crippen molar-refractivity contribution in [2.75, 3.05) is 11.9 Å². The highest BCUT2D eigenvalue weighted by Crippen LogP contribution is 2.34. The summed E-state index contributed by atoms with van der Waals surface area (Å²) in [5.74, 6) is -0.477. The molecule has 7 heteroatoms. The number of thiazole rings is 1. The number of amides is 1. The molecule has 162 valence electrons. The molecule has 0 spiro atoms. The molecule has 1 N–H and O–H groups in total. The fourth-order valence-electron chi connectivity index (χ4n) is 3.85. The highest BCUT2D eigenvalue weighted by Gasteiger charge is 2.28. The second-order valence-corrected chi connectivity index (χ2v) is 9.81. The third-order valence-electron chi connectivity index (χ3n) is 5.61. The van der Waals surface area contributed by atoms with Crippen molar-refractivity contribution in [1.29, 1.82) is 0 Å². The molecular formula is C24H27FN4OS. The predicted molar refractivity (Wildman–Crippen MR) is 122 cm³/mol. The lowest BCUT2D eigenvalue weighted by Crippen LogP contribution is -2.23. The zero-order valence-corrected chi connectivity index (χ0v) is 18.9. The average Bonchev–Trinajstić information content (AvgIpc) is 3.38. The number of aromatic nitrogens is 2. The fraction of sp³-hybridized carbons (Fsp3) is 0.375. The Morgan fingerprint density at radius 3 is 2.68 bits per heavy atom. The SMILES string of the molecule is CC(C)(C)c1ccc(C(=O)Nc2nc([C@H]3CCCN3Cc3ccc(F)cn3)cs2)cc1. The number of rotatable bonds is 5. The highest BCUT2D eigenvalue weighted by atomic mass is 32.1. The van der Waals surface area contributed by atoms with Gasteiger partial charge in [0.25, 0.3) is 5.91 Å². The molecular weight excluding hydrogens is 411 g/mol. The molecule has 0 unspecified atom stereocenters. The van der Waals surface area contributed by atoms with Gasteiger partial charge in [0.2, 0.25) is 0 Å². The molecule has 1 atom stereocenters. The van der Waals surface area contributed by atoms with Gasteiger partial charge in [-0.15, -0.1) is 11.3 Å². The molecule has 1 fully saturated rings. The van der Waals surface area contributed by atoms with Crippen LogP contribution in [0.5, 0.6) is 0 Å². The van der Waals surface area contributed by atoms with E-state index in [0.29, 0.717) is 17.2 Å². The van der Waals surface area contributed by atoms with Gasteiger partial charge in [-0.3, -0.25) is 20.0 Å². The number of hydrogen-bond donors (Lipinski definition) is 1. The Morgan fingerprint density at radius 1 is 1.23 bits per heavy atom. The largest absolute Gasteiger partial charge is 0.298 e. The molecule has 0 bridgehead atoms. The van der Waals surface area contributed by atoms with E-state index in [1.807, 2.05) is 29.6 Å². The molecule has 0 aliphatic carbocycles. The van der Waals surface area contributed by atoms with Gasteiger partial charge in [0, 0.05) is 17.5 Å². The number of halogens is 1. The number of benzene rings is 1. The summed E-state index contributed by atoms with van der Waals surface area (Å²) in [5.41, 5.74) is 3.67. The number of anilines is 1. The van der Waals surface area contributed by atoms with Crippen LogP contribution in [0.3, 0.4) is 0 Å². The number of carbonyl (C=O) groups is 1. The van der Waals surface area contributed by atoms with E-state index in [0.717, 1.165) is 30.8 Å². The molecule has 3 aromatic rings. The van der Waals surface area contributed by atoms with Crippen LogP contribution in [0, 0.1) is 5.82 Å². The Balaban J connectivity index is 1.41. The summed E-state index contributed by atoms with van der Waals surface area (Å²) in [6.07, 6.45) is 3.34. The monoisotopic (exact) mass is 438 g/mol. The van der Waals surface area contributed by atoms with E-state index in [1.54, 1.807) is 6.07 Å². The van der Waals surface area contributed by atoms with Gasteiger partial charge in [-0.2, -0.15) is 0 Å². The minimum absolute atomic E-state index is 0.0514. The van der Waals surface area contributed by atoms with E-state index >= 15 is 0 Å². The number of nitrogens with zero attached hydrogens (tertiary/aromatic N) is 3. The number of hydrogen-bond acceptors (Lipinski definition) is 5. The Bertz CT molecular complexity index is 1040. The van der Waals surface area contributed by atoms with Crippen molar-refractivity contribution in [2.45, 2.75) is 51.6 Å². The van der Waals surface area contributed by atoms with Gasteiger partial charge in [-0.1, -0.05) is 32.9 Å². The first kappa shape index (κ1) is 21.6. The quantitative estimate of drug-likeness (QED) is 0.566. The third-order valence-corrected chi connectivity index (χ3v) is 6.39. The van der Waals surface area contributed by atoms with E-state index in [-0.39, 0.29) is 23.2 Å². The van der Waals surface area contributed by atoms with Crippen LogP contribution in [0.4, 0.5) is 9.52 Å². The molecule has 1 aliphatic heterocycles. The molecule has 1 amide bonds. The van der Waals surface area contributed by atoms with Gasteiger partial charge in [0.05, 0.1) is 23.6 Å². The van der Waals surface area contributed by atoms with Gasteiger partial charge < -0.3 is 0 Å². The predicted octanol–water partition coefficient (Wildman–Crippen LogP) is 5.56. The van der Waals surface area contributed by atoms with E-state index in [2.05, 4.69) is 41.0 Å². The highest BCUT2D eigenvalue weighted by molar-refractivity contribution is 7.14. The molecule has 0 radical (unpaired) electrons. The maximum atomic E-state index is 13.1. The number of carbonyl (C=O) groups excluding carboxylic acids is 1. The Kier molecular flexibility index (Phi) is 6.16. The standard InChI is InChI=1S/C24H27FN4OS/c1-24(2,3)17-8-6-16(7-9-17)22(30)28-23-27-20(15-31-23)21-5-4-12-29(21)14-19-11-10-18(25)13-26-19/h6-11,13,15,21H,4-5,12,14H2,1-3H3,(H,27,28,30)/t21-/m1/s1. The summed E-state index contributed by atoms with van der Waals surface area (Å²) < 4.78 is 13.1. The van der Waals surface area contributed by atoms with Crippen molar-refractivity contribution in [3.63, 3.8) is 0 Å². The van der Waals surface area contributed by atoms with Crippen molar-refractivity contribution < 1.29 is 9.18 Å². The zero-order valence-electron chi connectivity index (χ0n) is 18.1. The van der Waals surface area contributed by atoms with Crippen LogP contribution in [0.25, 0.3) is 0 Å². The summed E-state index contributed by atoms with van der Waals surface area (Å²) in [4.78, 5) is 23.8. The van der Waals surface area contributed by atoms with Crippen LogP contribution in [0.1, 0.15) is 67.0 Å². The first-order valence-corrected chi connectivity index (χ1v) is 11.4. The van der Waals surface area contributed by atoms with Crippen molar-refractivity contribution in [2.24, 2.45) is 0 Å². The first-order valence-electron chi connectivity index (χ1n) is 10.5. The number of likely N-dealkylation sites (tertiary alicyclic amines) is 1. The smallest absolute Gasteiger partial charge is 0.257 e. The molecule has 1 aromatic carbocycles. The van der Waals surface area contributed by atoms with Crippen molar-refractivity contribution in [3.8, 4) is 0 Å². The molecule has 0 saturated carbocycles. The lowest BCUT2D eigenvalue weighted by atomic mass is 9.87. The third kappa shape index (κ3) is 5.17. The lowest BCUT2D eigenvalue weighted by Gasteiger charge is -2.22. The second kappa shape index (κ2) is 8.85. The maximum absolute atomic E-state index is 13.1. The minimum Gasteiger partial charge on any atom is -0.298 e. The number of pyridine rings is 1. The minimum atomic E-state index is -0.324. The molecule has 1 aliphatic rings. The Hall–Kier alpha value is -2.64. The molecule has 5 nitrogen and oxygen atoms in total. The molecule has 4 rings (SSSR count). The van der Waals surface area contributed by atoms with Gasteiger partial charge in [-0.05, 0) is 54.6 Å². The molecule has 31 heavy (non-hydrogen) atoms. The topological polar surface area (TPSA) is 58.1 Å². The van der Waals surface area contributed by atoms with E-state index < -0.39 is 0 Å². The van der Waals surface area contributed by atoms with E-state index in [1.165, 1.54) is 29.2 Å². The Labute approximate surface area is 186 Å². The summed E-state index contributed by atoms with van der Waals surface area (Å²) in [5, 5.41) is 5.54. The first-order chi connectivity index (χ1) is 14.8. The Morgan fingerprint density at radius 2 is 2.00 bits per heavy atom. The maximum Gasteiger partial charge on any atom is 0.257 e. The second-order valence-electron chi connectivity index (χ2n) is 8.96. The average molecular weight is 439 g/mol. The normalized spacial score (nSPS) is 17.1. The van der Waals surface area contributed by atoms with Crippen LogP contribution in [0.15, 0.2) is 48.0 Å². The van der Waals surface area contributed by atoms with Gasteiger partial charge in [0.1, 0.15) is 5.82 Å². The van der Waals surface area contributed by atoms with Crippen LogP contribution < -0.4 is 5.32 Å². The summed E-state index contributed by atoms with van der Waals surface area (Å²) >= 11 is 1.44. The van der Waals surface area contributed by atoms with Crippen LogP contribution in [-0.2, 0) is 12.0 Å². The van der Waals surface area contributed by atoms with Crippen molar-refractivity contribution in [3.05, 3.63) is 76.3 Å². The van der Waals surface area contributed by atoms with Crippen molar-refractivity contribution >= 4 is 22.4 Å². The van der Waals surface area contributed by atoms with E-state index in [4.69, 9.17) is 0 Å². The van der Waals surface area contributed by atoms with Gasteiger partial charge in [0.15, 0.2) is 5.13 Å². The van der Waals surface area contributed by atoms with Crippen LogP contribution in [-0.4, -0.2) is 27.3 Å². The fourth-order valence-corrected chi connectivity index (χ4v) is 4.60. The van der Waals surface area contributed by atoms with Crippen molar-refractivity contribution in [1.82, 2.24) is 14.9 Å². The summed E-state index contributed by atoms with van der Waals surface area (Å²) in [7, 11) is 0. The molecule has 1 saturated heterocycles.